The maximum absolute atomic E-state index is 15.2. The lowest BCUT2D eigenvalue weighted by atomic mass is 10.0. The number of aryl methyl sites for hydroxylation is 1. The Balaban J connectivity index is 1.63. The van der Waals surface area contributed by atoms with Crippen molar-refractivity contribution in [2.24, 2.45) is 0 Å². The van der Waals surface area contributed by atoms with E-state index in [2.05, 4.69) is 42.5 Å². The number of allylic oxidation sites excluding steroid dienone is 1. The number of carbonyl (C=O) groups excluding carboxylic acids is 1. The first-order chi connectivity index (χ1) is 19.3. The first-order valence-electron chi connectivity index (χ1n) is 12.5. The van der Waals surface area contributed by atoms with Crippen LogP contribution in [0.1, 0.15) is 18.5 Å². The number of benzene rings is 1. The number of nitrogens with one attached hydrogen (secondary N) is 4. The molecule has 3 aromatic rings. The molecule has 1 aromatic carbocycles. The lowest BCUT2D eigenvalue weighted by Gasteiger charge is -2.34. The fourth-order valence-corrected chi connectivity index (χ4v) is 4.10. The molecule has 0 bridgehead atoms. The molecule has 1 fully saturated rings. The van der Waals surface area contributed by atoms with Crippen LogP contribution in [0.15, 0.2) is 61.0 Å². The van der Waals surface area contributed by atoms with E-state index in [0.717, 1.165) is 6.21 Å². The van der Waals surface area contributed by atoms with E-state index in [4.69, 9.17) is 10.1 Å². The molecule has 4 rings (SSSR count). The van der Waals surface area contributed by atoms with Crippen molar-refractivity contribution in [2.45, 2.75) is 25.8 Å². The highest BCUT2D eigenvalue weighted by molar-refractivity contribution is 5.90. The average Bonchev–Trinajstić information content (AvgIpc) is 2.94. The summed E-state index contributed by atoms with van der Waals surface area (Å²) in [5.41, 5.74) is 2.20. The normalized spacial score (nSPS) is 13.9. The van der Waals surface area contributed by atoms with Gasteiger partial charge in [-0.25, -0.2) is 23.7 Å². The third-order valence-corrected chi connectivity index (χ3v) is 6.07. The van der Waals surface area contributed by atoms with Gasteiger partial charge in [-0.2, -0.15) is 4.98 Å². The summed E-state index contributed by atoms with van der Waals surface area (Å²) in [7, 11) is 1.70. The molecule has 1 saturated heterocycles. The maximum atomic E-state index is 15.2. The highest BCUT2D eigenvalue weighted by atomic mass is 19.1. The van der Waals surface area contributed by atoms with Crippen LogP contribution in [0.5, 0.6) is 11.8 Å². The Morgan fingerprint density at radius 3 is 2.65 bits per heavy atom. The SMILES string of the molecule is C=C(F)C(=O)NC1CCN(c2nc(N/C(C=N)=C/NC)ncc2-c2ccc(Oc3nccc(C)n3)c(F)c2)CC1. The summed E-state index contributed by atoms with van der Waals surface area (Å²) in [6.07, 6.45) is 6.88. The number of hydrogen-bond donors (Lipinski definition) is 4. The molecule has 0 saturated carbocycles. The van der Waals surface area contributed by atoms with Crippen LogP contribution in [-0.2, 0) is 4.79 Å². The summed E-state index contributed by atoms with van der Waals surface area (Å²) in [6, 6.07) is 6.02. The van der Waals surface area contributed by atoms with Crippen molar-refractivity contribution in [2.75, 3.05) is 30.4 Å². The summed E-state index contributed by atoms with van der Waals surface area (Å²) >= 11 is 0. The molecule has 4 N–H and O–H groups in total. The van der Waals surface area contributed by atoms with Crippen molar-refractivity contribution in [3.63, 3.8) is 0 Å². The summed E-state index contributed by atoms with van der Waals surface area (Å²) in [5.74, 6) is -1.74. The average molecular weight is 550 g/mol. The van der Waals surface area contributed by atoms with Gasteiger partial charge in [-0.1, -0.05) is 12.6 Å². The monoisotopic (exact) mass is 549 g/mol. The molecule has 208 valence electrons. The first-order valence-corrected chi connectivity index (χ1v) is 12.5. The third kappa shape index (κ3) is 6.92. The molecule has 0 spiro atoms. The van der Waals surface area contributed by atoms with Gasteiger partial charge in [0.1, 0.15) is 5.82 Å². The molecule has 2 aromatic heterocycles. The van der Waals surface area contributed by atoms with Crippen molar-refractivity contribution in [3.8, 4) is 22.9 Å². The Morgan fingerprint density at radius 2 is 2.00 bits per heavy atom. The number of nitrogens with zero attached hydrogens (tertiary/aromatic N) is 5. The van der Waals surface area contributed by atoms with Crippen LogP contribution in [-0.4, -0.2) is 58.2 Å². The number of anilines is 2. The Kier molecular flexibility index (Phi) is 8.94. The first kappa shape index (κ1) is 28.1. The minimum absolute atomic E-state index is 0.0334. The van der Waals surface area contributed by atoms with Crippen LogP contribution in [0.3, 0.4) is 0 Å². The number of hydrogen-bond acceptors (Lipinski definition) is 10. The number of piperidine rings is 1. The minimum atomic E-state index is -1.03. The van der Waals surface area contributed by atoms with Crippen molar-refractivity contribution in [1.29, 1.82) is 5.41 Å². The number of ether oxygens (including phenoxy) is 1. The second-order valence-corrected chi connectivity index (χ2v) is 8.96. The molecule has 0 radical (unpaired) electrons. The second-order valence-electron chi connectivity index (χ2n) is 8.96. The van der Waals surface area contributed by atoms with Crippen LogP contribution in [0.2, 0.25) is 0 Å². The van der Waals surface area contributed by atoms with Gasteiger partial charge in [-0.05, 0) is 43.5 Å². The molecule has 11 nitrogen and oxygen atoms in total. The molecule has 0 atom stereocenters. The predicted octanol–water partition coefficient (Wildman–Crippen LogP) is 3.86. The zero-order valence-electron chi connectivity index (χ0n) is 22.0. The van der Waals surface area contributed by atoms with E-state index in [9.17, 15) is 9.18 Å². The van der Waals surface area contributed by atoms with E-state index in [1.54, 1.807) is 38.5 Å². The van der Waals surface area contributed by atoms with E-state index in [0.29, 0.717) is 54.3 Å². The second kappa shape index (κ2) is 12.7. The van der Waals surface area contributed by atoms with Crippen LogP contribution < -0.4 is 25.6 Å². The molecule has 1 amide bonds. The van der Waals surface area contributed by atoms with Crippen molar-refractivity contribution < 1.29 is 18.3 Å². The van der Waals surface area contributed by atoms with Gasteiger partial charge < -0.3 is 31.0 Å². The summed E-state index contributed by atoms with van der Waals surface area (Å²) in [6.45, 7) is 5.80. The zero-order chi connectivity index (χ0) is 28.6. The van der Waals surface area contributed by atoms with Gasteiger partial charge in [-0.3, -0.25) is 4.79 Å². The smallest absolute Gasteiger partial charge is 0.322 e. The van der Waals surface area contributed by atoms with Gasteiger partial charge in [0.15, 0.2) is 17.4 Å². The molecular weight excluding hydrogens is 520 g/mol. The molecule has 40 heavy (non-hydrogen) atoms. The number of halogens is 2. The van der Waals surface area contributed by atoms with Crippen molar-refractivity contribution >= 4 is 23.9 Å². The van der Waals surface area contributed by atoms with Crippen molar-refractivity contribution in [1.82, 2.24) is 30.6 Å². The van der Waals surface area contributed by atoms with Crippen molar-refractivity contribution in [3.05, 3.63) is 72.5 Å². The molecule has 3 heterocycles. The van der Waals surface area contributed by atoms with E-state index in [-0.39, 0.29) is 23.8 Å². The lowest BCUT2D eigenvalue weighted by molar-refractivity contribution is -0.119. The Labute approximate surface area is 229 Å². The number of aromatic nitrogens is 4. The largest absolute Gasteiger partial charge is 0.421 e. The summed E-state index contributed by atoms with van der Waals surface area (Å²) < 4.78 is 33.8. The highest BCUT2D eigenvalue weighted by Crippen LogP contribution is 2.34. The highest BCUT2D eigenvalue weighted by Gasteiger charge is 2.25. The summed E-state index contributed by atoms with van der Waals surface area (Å²) in [4.78, 5) is 30.9. The van der Waals surface area contributed by atoms with Gasteiger partial charge in [0.05, 0.1) is 5.70 Å². The summed E-state index contributed by atoms with van der Waals surface area (Å²) in [5, 5.41) is 16.0. The van der Waals surface area contributed by atoms with E-state index in [1.807, 2.05) is 4.90 Å². The number of amides is 1. The number of carbonyl (C=O) groups is 1. The van der Waals surface area contributed by atoms with Crippen LogP contribution in [0.25, 0.3) is 11.1 Å². The van der Waals surface area contributed by atoms with Gasteiger partial charge >= 0.3 is 6.01 Å². The molecule has 1 aliphatic rings. The van der Waals surface area contributed by atoms with Gasteiger partial charge in [-0.15, -0.1) is 0 Å². The Hall–Kier alpha value is -4.94. The van der Waals surface area contributed by atoms with Gasteiger partial charge in [0.25, 0.3) is 5.91 Å². The lowest BCUT2D eigenvalue weighted by Crippen LogP contribution is -2.45. The van der Waals surface area contributed by atoms with E-state index in [1.165, 1.54) is 18.3 Å². The Morgan fingerprint density at radius 1 is 1.23 bits per heavy atom. The molecule has 1 aliphatic heterocycles. The third-order valence-electron chi connectivity index (χ3n) is 6.07. The van der Waals surface area contributed by atoms with Crippen LogP contribution in [0.4, 0.5) is 20.5 Å². The Bertz CT molecular complexity index is 1440. The van der Waals surface area contributed by atoms with E-state index < -0.39 is 17.6 Å². The standard InChI is InChI=1S/C27H29F2N9O2/c1-16-6-9-32-27(34-16)40-23-5-4-18(12-22(23)29)21-15-33-26(36-20(13-30)14-31-3)37-24(21)38-10-7-19(8-11-38)35-25(39)17(2)28/h4-6,9,12-15,19,30-31H,2,7-8,10-11H2,1,3H3,(H,35,39)(H,33,36,37)/b20-14+,30-13?. The fraction of sp³-hybridized carbons (Fsp3) is 0.259. The van der Waals surface area contributed by atoms with Crippen LogP contribution >= 0.6 is 0 Å². The fourth-order valence-electron chi connectivity index (χ4n) is 4.10. The molecule has 0 aliphatic carbocycles. The quantitative estimate of drug-likeness (QED) is 0.219. The molecule has 13 heteroatoms. The minimum Gasteiger partial charge on any atom is -0.421 e. The van der Waals surface area contributed by atoms with Crippen LogP contribution in [0, 0.1) is 18.2 Å². The van der Waals surface area contributed by atoms with Gasteiger partial charge in [0, 0.05) is 62.2 Å². The molecule has 0 unspecified atom stereocenters. The topological polar surface area (TPSA) is 141 Å². The number of rotatable bonds is 10. The maximum Gasteiger partial charge on any atom is 0.322 e. The predicted molar refractivity (Wildman–Crippen MR) is 147 cm³/mol. The van der Waals surface area contributed by atoms with E-state index >= 15 is 4.39 Å². The molecular formula is C27H29F2N9O2. The van der Waals surface area contributed by atoms with Gasteiger partial charge in [0.2, 0.25) is 5.95 Å². The zero-order valence-corrected chi connectivity index (χ0v) is 22.0.